The van der Waals surface area contributed by atoms with E-state index in [0.717, 1.165) is 41.2 Å². The van der Waals surface area contributed by atoms with Gasteiger partial charge in [0.25, 0.3) is 0 Å². The van der Waals surface area contributed by atoms with Crippen LogP contribution >= 0.6 is 22.6 Å². The van der Waals surface area contributed by atoms with Crippen molar-refractivity contribution in [3.63, 3.8) is 0 Å². The van der Waals surface area contributed by atoms with Crippen LogP contribution in [0.4, 0.5) is 0 Å². The molecule has 1 saturated heterocycles. The van der Waals surface area contributed by atoms with Gasteiger partial charge < -0.3 is 15.0 Å². The van der Waals surface area contributed by atoms with Crippen LogP contribution in [0.1, 0.15) is 12.8 Å². The number of benzene rings is 1. The third kappa shape index (κ3) is 4.53. The molecule has 1 aromatic carbocycles. The van der Waals surface area contributed by atoms with Crippen LogP contribution in [-0.4, -0.2) is 43.6 Å². The third-order valence-corrected chi connectivity index (χ3v) is 4.32. The number of hydrogen-bond donors (Lipinski definition) is 1. The smallest absolute Gasteiger partial charge is 0.194 e. The van der Waals surface area contributed by atoms with Gasteiger partial charge in [0.2, 0.25) is 0 Å². The fourth-order valence-electron chi connectivity index (χ4n) is 2.37. The Morgan fingerprint density at radius 1 is 1.48 bits per heavy atom. The number of nitrogens with one attached hydrogen (secondary N) is 1. The fourth-order valence-corrected chi connectivity index (χ4v) is 2.88. The van der Waals surface area contributed by atoms with Crippen molar-refractivity contribution < 1.29 is 4.74 Å². The lowest BCUT2D eigenvalue weighted by molar-refractivity contribution is 0.128. The van der Waals surface area contributed by atoms with Gasteiger partial charge in [-0.05, 0) is 34.7 Å². The van der Waals surface area contributed by atoms with E-state index in [4.69, 9.17) is 11.2 Å². The highest BCUT2D eigenvalue weighted by Crippen LogP contribution is 2.24. The molecule has 1 heterocycles. The van der Waals surface area contributed by atoms with Crippen LogP contribution in [-0.2, 0) is 0 Å². The Morgan fingerprint density at radius 3 is 2.81 bits per heavy atom. The third-order valence-electron chi connectivity index (χ3n) is 3.43. The number of piperidine rings is 1. The minimum Gasteiger partial charge on any atom is -0.489 e. The molecule has 0 saturated carbocycles. The standard InChI is InChI=1S/C16H20IN3O/c1-3-10-19-16(18-2)20-11-8-13(9-12-20)21-15-7-5-4-6-14(15)17/h1,4-7,13H,8-12H2,2H3,(H,18,19). The molecule has 0 atom stereocenters. The molecule has 0 aliphatic carbocycles. The van der Waals surface area contributed by atoms with Gasteiger partial charge in [0.05, 0.1) is 10.1 Å². The van der Waals surface area contributed by atoms with E-state index in [0.29, 0.717) is 6.54 Å². The molecule has 4 nitrogen and oxygen atoms in total. The first-order valence-electron chi connectivity index (χ1n) is 7.05. The molecular weight excluding hydrogens is 377 g/mol. The average molecular weight is 397 g/mol. The molecule has 1 fully saturated rings. The van der Waals surface area contributed by atoms with Gasteiger partial charge in [-0.3, -0.25) is 4.99 Å². The summed E-state index contributed by atoms with van der Waals surface area (Å²) in [7, 11) is 1.79. The summed E-state index contributed by atoms with van der Waals surface area (Å²) in [4.78, 5) is 6.50. The lowest BCUT2D eigenvalue weighted by atomic mass is 10.1. The molecule has 21 heavy (non-hydrogen) atoms. The average Bonchev–Trinajstić information content (AvgIpc) is 2.52. The number of terminal acetylenes is 1. The maximum absolute atomic E-state index is 6.10. The van der Waals surface area contributed by atoms with Gasteiger partial charge >= 0.3 is 0 Å². The Kier molecular flexibility index (Phi) is 6.18. The van der Waals surface area contributed by atoms with E-state index >= 15 is 0 Å². The van der Waals surface area contributed by atoms with E-state index in [1.165, 1.54) is 0 Å². The van der Waals surface area contributed by atoms with Crippen LogP contribution in [0, 0.1) is 15.9 Å². The molecule has 1 aliphatic heterocycles. The van der Waals surface area contributed by atoms with Crippen LogP contribution < -0.4 is 10.1 Å². The topological polar surface area (TPSA) is 36.9 Å². The van der Waals surface area contributed by atoms with E-state index in [2.05, 4.69) is 49.8 Å². The Balaban J connectivity index is 1.86. The molecule has 0 spiro atoms. The maximum atomic E-state index is 6.10. The molecule has 1 N–H and O–H groups in total. The second-order valence-electron chi connectivity index (χ2n) is 4.84. The Morgan fingerprint density at radius 2 is 2.19 bits per heavy atom. The summed E-state index contributed by atoms with van der Waals surface area (Å²) in [6.45, 7) is 2.36. The summed E-state index contributed by atoms with van der Waals surface area (Å²) in [5.74, 6) is 4.43. The van der Waals surface area contributed by atoms with Crippen molar-refractivity contribution in [2.24, 2.45) is 4.99 Å². The van der Waals surface area contributed by atoms with Crippen molar-refractivity contribution in [1.82, 2.24) is 10.2 Å². The predicted octanol–water partition coefficient (Wildman–Crippen LogP) is 2.34. The quantitative estimate of drug-likeness (QED) is 0.368. The number of nitrogens with zero attached hydrogens (tertiary/aromatic N) is 2. The second-order valence-corrected chi connectivity index (χ2v) is 6.00. The van der Waals surface area contributed by atoms with Crippen molar-refractivity contribution in [3.05, 3.63) is 27.8 Å². The number of guanidine groups is 1. The number of rotatable bonds is 3. The zero-order valence-electron chi connectivity index (χ0n) is 12.2. The van der Waals surface area contributed by atoms with Crippen molar-refractivity contribution in [3.8, 4) is 18.1 Å². The van der Waals surface area contributed by atoms with Gasteiger partial charge in [0, 0.05) is 33.0 Å². The molecule has 0 amide bonds. The first kappa shape index (κ1) is 16.0. The number of aliphatic imine (C=N–C) groups is 1. The van der Waals surface area contributed by atoms with E-state index in [1.54, 1.807) is 7.05 Å². The Bertz CT molecular complexity index is 531. The van der Waals surface area contributed by atoms with Crippen molar-refractivity contribution >= 4 is 28.6 Å². The summed E-state index contributed by atoms with van der Waals surface area (Å²) in [6, 6.07) is 8.13. The first-order valence-corrected chi connectivity index (χ1v) is 8.12. The number of halogens is 1. The minimum absolute atomic E-state index is 0.267. The zero-order valence-corrected chi connectivity index (χ0v) is 14.3. The molecular formula is C16H20IN3O. The number of hydrogen-bond acceptors (Lipinski definition) is 2. The normalized spacial score (nSPS) is 16.4. The Labute approximate surface area is 140 Å². The SMILES string of the molecule is C#CCNC(=NC)N1CCC(Oc2ccccc2I)CC1. The fraction of sp³-hybridized carbons (Fsp3) is 0.438. The van der Waals surface area contributed by atoms with Gasteiger partial charge in [-0.25, -0.2) is 0 Å². The van der Waals surface area contributed by atoms with Gasteiger partial charge in [0.1, 0.15) is 11.9 Å². The number of likely N-dealkylation sites (tertiary alicyclic amines) is 1. The largest absolute Gasteiger partial charge is 0.489 e. The first-order chi connectivity index (χ1) is 10.2. The summed E-state index contributed by atoms with van der Waals surface area (Å²) in [5.41, 5.74) is 0. The highest BCUT2D eigenvalue weighted by molar-refractivity contribution is 14.1. The predicted molar refractivity (Wildman–Crippen MR) is 94.6 cm³/mol. The number of para-hydroxylation sites is 1. The monoisotopic (exact) mass is 397 g/mol. The highest BCUT2D eigenvalue weighted by atomic mass is 127. The Hall–Kier alpha value is -1.42. The summed E-state index contributed by atoms with van der Waals surface area (Å²) in [5, 5.41) is 3.16. The second kappa shape index (κ2) is 8.13. The van der Waals surface area contributed by atoms with Gasteiger partial charge in [0.15, 0.2) is 5.96 Å². The number of ether oxygens (including phenoxy) is 1. The van der Waals surface area contributed by atoms with Crippen molar-refractivity contribution in [2.75, 3.05) is 26.7 Å². The maximum Gasteiger partial charge on any atom is 0.194 e. The summed E-state index contributed by atoms with van der Waals surface area (Å²) < 4.78 is 7.26. The molecule has 1 aliphatic rings. The summed E-state index contributed by atoms with van der Waals surface area (Å²) in [6.07, 6.45) is 7.52. The molecule has 0 bridgehead atoms. The molecule has 5 heteroatoms. The molecule has 0 aromatic heterocycles. The van der Waals surface area contributed by atoms with E-state index < -0.39 is 0 Å². The summed E-state index contributed by atoms with van der Waals surface area (Å²) >= 11 is 2.31. The van der Waals surface area contributed by atoms with Crippen LogP contribution in [0.5, 0.6) is 5.75 Å². The molecule has 0 radical (unpaired) electrons. The van der Waals surface area contributed by atoms with E-state index in [-0.39, 0.29) is 6.10 Å². The van der Waals surface area contributed by atoms with Gasteiger partial charge in [-0.15, -0.1) is 6.42 Å². The zero-order chi connectivity index (χ0) is 15.1. The minimum atomic E-state index is 0.267. The van der Waals surface area contributed by atoms with Gasteiger partial charge in [-0.2, -0.15) is 0 Å². The lowest BCUT2D eigenvalue weighted by Gasteiger charge is -2.34. The van der Waals surface area contributed by atoms with E-state index in [9.17, 15) is 0 Å². The van der Waals surface area contributed by atoms with E-state index in [1.807, 2.05) is 18.2 Å². The van der Waals surface area contributed by atoms with Crippen LogP contribution in [0.3, 0.4) is 0 Å². The molecule has 2 rings (SSSR count). The van der Waals surface area contributed by atoms with Crippen LogP contribution in [0.15, 0.2) is 29.3 Å². The van der Waals surface area contributed by atoms with Crippen molar-refractivity contribution in [2.45, 2.75) is 18.9 Å². The highest BCUT2D eigenvalue weighted by Gasteiger charge is 2.22. The van der Waals surface area contributed by atoms with Crippen LogP contribution in [0.25, 0.3) is 0 Å². The van der Waals surface area contributed by atoms with Crippen LogP contribution in [0.2, 0.25) is 0 Å². The van der Waals surface area contributed by atoms with Crippen molar-refractivity contribution in [1.29, 1.82) is 0 Å². The molecule has 112 valence electrons. The van der Waals surface area contributed by atoms with Gasteiger partial charge in [-0.1, -0.05) is 18.1 Å². The lowest BCUT2D eigenvalue weighted by Crippen LogP contribution is -2.47. The molecule has 1 aromatic rings. The molecule has 0 unspecified atom stereocenters.